The zero-order valence-electron chi connectivity index (χ0n) is 42.0. The van der Waals surface area contributed by atoms with Gasteiger partial charge < -0.3 is 55.3 Å². The van der Waals surface area contributed by atoms with Crippen LogP contribution in [0.25, 0.3) is 0 Å². The summed E-state index contributed by atoms with van der Waals surface area (Å²) in [6.45, 7) is 1.57. The van der Waals surface area contributed by atoms with Crippen LogP contribution in [0.5, 0.6) is 0 Å². The number of carbonyl (C=O) groups is 2. The molecule has 0 saturated carbocycles. The summed E-state index contributed by atoms with van der Waals surface area (Å²) in [4.78, 5) is 61.9. The number of phosphoric acid groups is 2. The summed E-state index contributed by atoms with van der Waals surface area (Å²) in [5, 5.41) is 51.6. The van der Waals surface area contributed by atoms with Crippen molar-refractivity contribution in [2.45, 2.75) is 172 Å². The van der Waals surface area contributed by atoms with Gasteiger partial charge >= 0.3 is 33.3 Å². The van der Waals surface area contributed by atoms with Gasteiger partial charge in [-0.3, -0.25) is 23.2 Å². The van der Waals surface area contributed by atoms with Crippen molar-refractivity contribution in [1.82, 2.24) is 9.55 Å². The van der Waals surface area contributed by atoms with Gasteiger partial charge in [-0.2, -0.15) is 9.29 Å². The summed E-state index contributed by atoms with van der Waals surface area (Å²) in [7, 11) is -11.0. The van der Waals surface area contributed by atoms with Crippen molar-refractivity contribution >= 4 is 33.4 Å². The number of ether oxygens (including phenoxy) is 3. The van der Waals surface area contributed by atoms with E-state index in [-0.39, 0.29) is 31.5 Å². The number of anilines is 1. The zero-order valence-corrected chi connectivity index (χ0v) is 43.8. The van der Waals surface area contributed by atoms with E-state index in [4.69, 9.17) is 29.0 Å². The minimum absolute atomic E-state index is 0.0210. The van der Waals surface area contributed by atoms with E-state index in [1.807, 2.05) is 19.1 Å². The van der Waals surface area contributed by atoms with Gasteiger partial charge in [-0.15, -0.1) is 0 Å². The number of phosphoric ester groups is 2. The summed E-state index contributed by atoms with van der Waals surface area (Å²) >= 11 is 0. The number of hydrogen-bond acceptors (Lipinski definition) is 18. The molecule has 2 rings (SSSR count). The first-order valence-electron chi connectivity index (χ1n) is 24.9. The number of aliphatic hydroxyl groups excluding tert-OH is 5. The topological polar surface area (TPSA) is 326 Å². The number of aliphatic hydroxyl groups is 5. The molecule has 412 valence electrons. The highest BCUT2D eigenvalue weighted by Crippen LogP contribution is 2.60. The van der Waals surface area contributed by atoms with E-state index < -0.39 is 102 Å². The molecule has 0 aromatic carbocycles. The van der Waals surface area contributed by atoms with Crippen LogP contribution >= 0.6 is 15.6 Å². The van der Waals surface area contributed by atoms with Crippen molar-refractivity contribution in [3.8, 4) is 0 Å². The monoisotopic (exact) mass is 1070 g/mol. The Kier molecular flexibility index (Phi) is 33.4. The SMILES string of the molecule is CC/C=C\C[C@H](O)/C=C/C=C/C=C\C=C/[C@@H](O)[C@H](O)CCCC(=O)O[C@H](COC(=O)CCCCCCC/C=C\C=C/CCCCCC)COP(=O)(O)OP(=O)(O)OC[C@H]1O[C@@H](n2ccc(N)nc2=O)[C@H](O)[C@@H]1O. The van der Waals surface area contributed by atoms with E-state index in [1.54, 1.807) is 36.5 Å². The Morgan fingerprint density at radius 3 is 2.05 bits per heavy atom. The molecule has 9 N–H and O–H groups in total. The van der Waals surface area contributed by atoms with Crippen LogP contribution in [-0.2, 0) is 46.3 Å². The Morgan fingerprint density at radius 1 is 0.767 bits per heavy atom. The average molecular weight is 1070 g/mol. The van der Waals surface area contributed by atoms with Crippen molar-refractivity contribution in [2.75, 3.05) is 25.6 Å². The maximum absolute atomic E-state index is 12.9. The van der Waals surface area contributed by atoms with E-state index in [0.29, 0.717) is 12.8 Å². The number of aromatic nitrogens is 2. The molecule has 21 nitrogen and oxygen atoms in total. The van der Waals surface area contributed by atoms with Gasteiger partial charge in [-0.25, -0.2) is 13.9 Å². The van der Waals surface area contributed by atoms with Crippen LogP contribution < -0.4 is 11.4 Å². The molecule has 10 atom stereocenters. The lowest BCUT2D eigenvalue weighted by atomic mass is 10.1. The molecule has 0 aliphatic carbocycles. The van der Waals surface area contributed by atoms with Crippen LogP contribution in [0, 0.1) is 0 Å². The Hall–Kier alpha value is -4.18. The number of nitrogens with zero attached hydrogens (tertiary/aromatic N) is 2. The van der Waals surface area contributed by atoms with Gasteiger partial charge in [0.2, 0.25) is 0 Å². The molecule has 1 aromatic heterocycles. The highest BCUT2D eigenvalue weighted by Gasteiger charge is 2.46. The highest BCUT2D eigenvalue weighted by atomic mass is 31.3. The molecule has 73 heavy (non-hydrogen) atoms. The van der Waals surface area contributed by atoms with Crippen LogP contribution in [0.1, 0.15) is 129 Å². The lowest BCUT2D eigenvalue weighted by Crippen LogP contribution is -2.36. The largest absolute Gasteiger partial charge is 0.481 e. The molecule has 0 spiro atoms. The number of rotatable bonds is 39. The summed E-state index contributed by atoms with van der Waals surface area (Å²) < 4.78 is 56.4. The molecule has 0 amide bonds. The van der Waals surface area contributed by atoms with Crippen molar-refractivity contribution in [3.05, 3.63) is 108 Å². The number of unbranched alkanes of at least 4 members (excludes halogenated alkanes) is 9. The molecule has 23 heteroatoms. The third-order valence-corrected chi connectivity index (χ3v) is 13.4. The van der Waals surface area contributed by atoms with Crippen molar-refractivity contribution < 1.29 is 81.6 Å². The third-order valence-electron chi connectivity index (χ3n) is 10.8. The van der Waals surface area contributed by atoms with Gasteiger partial charge in [0.1, 0.15) is 30.7 Å². The van der Waals surface area contributed by atoms with Gasteiger partial charge in [-0.05, 0) is 63.9 Å². The predicted molar refractivity (Wildman–Crippen MR) is 274 cm³/mol. The molecule has 1 aliphatic rings. The molecule has 0 bridgehead atoms. The van der Waals surface area contributed by atoms with Crippen molar-refractivity contribution in [2.24, 2.45) is 0 Å². The summed E-state index contributed by atoms with van der Waals surface area (Å²) in [6.07, 6.45) is 27.4. The van der Waals surface area contributed by atoms with E-state index in [2.05, 4.69) is 40.5 Å². The first kappa shape index (κ1) is 64.9. The second kappa shape index (κ2) is 37.5. The first-order valence-corrected chi connectivity index (χ1v) is 27.9. The van der Waals surface area contributed by atoms with Crippen molar-refractivity contribution in [3.63, 3.8) is 0 Å². The van der Waals surface area contributed by atoms with Gasteiger partial charge in [-0.1, -0.05) is 137 Å². The number of allylic oxidation sites excluding steroid dienone is 11. The van der Waals surface area contributed by atoms with Crippen molar-refractivity contribution in [1.29, 1.82) is 0 Å². The quantitative estimate of drug-likeness (QED) is 0.0110. The van der Waals surface area contributed by atoms with Gasteiger partial charge in [0.05, 0.1) is 31.5 Å². The minimum atomic E-state index is -5.52. The molecular weight excluding hydrogens is 993 g/mol. The fraction of sp³-hybridized carbons (Fsp3) is 0.600. The summed E-state index contributed by atoms with van der Waals surface area (Å²) in [6, 6.07) is 1.22. The molecule has 0 radical (unpaired) electrons. The van der Waals surface area contributed by atoms with Crippen LogP contribution in [0.2, 0.25) is 0 Å². The number of hydrogen-bond donors (Lipinski definition) is 8. The van der Waals surface area contributed by atoms with E-state index >= 15 is 0 Å². The van der Waals surface area contributed by atoms with Crippen LogP contribution in [0.15, 0.2) is 102 Å². The third kappa shape index (κ3) is 30.1. The number of esters is 2. The minimum Gasteiger partial charge on any atom is -0.462 e. The van der Waals surface area contributed by atoms with Crippen LogP contribution in [0.4, 0.5) is 5.82 Å². The van der Waals surface area contributed by atoms with E-state index in [1.165, 1.54) is 43.9 Å². The maximum atomic E-state index is 12.9. The fourth-order valence-electron chi connectivity index (χ4n) is 6.82. The molecular formula is C50H79N3O18P2. The van der Waals surface area contributed by atoms with Gasteiger partial charge in [0.25, 0.3) is 0 Å². The standard InChI is InChI=1S/C50H79N3O18P2/c1-3-5-7-8-9-10-11-12-13-14-15-16-17-22-26-32-45(57)66-36-40(69-46(58)33-27-31-42(56)41(55)30-25-21-19-18-20-24-29-39(54)28-23-6-4-2)37-67-72(62,63)71-73(64,65)68-38-43-47(59)48(60)49(70-43)53-35-34-44(51)52-50(53)61/h6,10-13,18-21,23-25,29-30,34-35,39-43,47-49,54-56,59-60H,3-5,7-9,14-17,22,26-28,31-33,36-38H2,1-2H3,(H,62,63)(H,64,65)(H2,51,52,61)/b11-10-,13-12-,20-18+,21-19-,23-6-,29-24+,30-25-/t39-,40+,41+,42+,43+,47+,48+,49+/m0/s1. The maximum Gasteiger partial charge on any atom is 0.481 e. The second-order valence-electron chi connectivity index (χ2n) is 17.2. The van der Waals surface area contributed by atoms with E-state index in [9.17, 15) is 58.8 Å². The Bertz CT molecular complexity index is 2110. The van der Waals surface area contributed by atoms with Crippen LogP contribution in [0.3, 0.4) is 0 Å². The molecule has 1 fully saturated rings. The zero-order chi connectivity index (χ0) is 53.9. The van der Waals surface area contributed by atoms with Gasteiger partial charge in [0.15, 0.2) is 12.3 Å². The second-order valence-corrected chi connectivity index (χ2v) is 20.2. The predicted octanol–water partition coefficient (Wildman–Crippen LogP) is 6.80. The highest BCUT2D eigenvalue weighted by molar-refractivity contribution is 7.61. The molecule has 1 aliphatic heterocycles. The average Bonchev–Trinajstić information content (AvgIpc) is 3.62. The molecule has 1 saturated heterocycles. The lowest BCUT2D eigenvalue weighted by Gasteiger charge is -2.21. The first-order chi connectivity index (χ1) is 34.9. The Balaban J connectivity index is 1.92. The number of carbonyl (C=O) groups excluding carboxylic acids is 2. The molecule has 1 aromatic rings. The summed E-state index contributed by atoms with van der Waals surface area (Å²) in [5.41, 5.74) is 4.55. The Morgan fingerprint density at radius 2 is 1.38 bits per heavy atom. The lowest BCUT2D eigenvalue weighted by molar-refractivity contribution is -0.161. The Labute approximate surface area is 428 Å². The number of nitrogens with two attached hydrogens (primary N) is 1. The van der Waals surface area contributed by atoms with Crippen LogP contribution in [-0.4, -0.2) is 119 Å². The molecule has 2 unspecified atom stereocenters. The van der Waals surface area contributed by atoms with E-state index in [0.717, 1.165) is 55.7 Å². The normalized spacial score (nSPS) is 21.0. The fourth-order valence-corrected chi connectivity index (χ4v) is 8.93. The smallest absolute Gasteiger partial charge is 0.462 e. The number of nitrogen functional groups attached to an aromatic ring is 1. The summed E-state index contributed by atoms with van der Waals surface area (Å²) in [5.74, 6) is -1.68. The molecule has 2 heterocycles. The van der Waals surface area contributed by atoms with Gasteiger partial charge in [0, 0.05) is 19.0 Å².